The molecular formula is C15H23NO3. The van der Waals surface area contributed by atoms with Crippen LogP contribution in [0.3, 0.4) is 0 Å². The Hall–Kier alpha value is -0.940. The highest BCUT2D eigenvalue weighted by Gasteiger charge is 2.35. The summed E-state index contributed by atoms with van der Waals surface area (Å²) in [5.41, 5.74) is 1.05. The second kappa shape index (κ2) is 7.01. The van der Waals surface area contributed by atoms with E-state index >= 15 is 0 Å². The molecule has 1 aromatic rings. The molecule has 1 fully saturated rings. The van der Waals surface area contributed by atoms with Crippen molar-refractivity contribution in [1.82, 2.24) is 4.90 Å². The number of likely N-dealkylation sites (tertiary alicyclic amines) is 1. The molecule has 0 aliphatic carbocycles. The van der Waals surface area contributed by atoms with E-state index in [1.807, 2.05) is 30.3 Å². The van der Waals surface area contributed by atoms with Gasteiger partial charge < -0.3 is 14.9 Å². The van der Waals surface area contributed by atoms with Crippen molar-refractivity contribution in [3.05, 3.63) is 35.9 Å². The zero-order valence-electron chi connectivity index (χ0n) is 11.4. The van der Waals surface area contributed by atoms with Gasteiger partial charge in [-0.15, -0.1) is 0 Å². The minimum Gasteiger partial charge on any atom is -0.394 e. The van der Waals surface area contributed by atoms with Gasteiger partial charge in [0.2, 0.25) is 0 Å². The summed E-state index contributed by atoms with van der Waals surface area (Å²) in [6.45, 7) is 1.38. The number of aliphatic hydroxyl groups excluding tert-OH is 2. The largest absolute Gasteiger partial charge is 0.394 e. The number of benzene rings is 1. The number of hydrogen-bond acceptors (Lipinski definition) is 4. The first-order chi connectivity index (χ1) is 9.27. The Balaban J connectivity index is 2.22. The van der Waals surface area contributed by atoms with Gasteiger partial charge in [-0.2, -0.15) is 0 Å². The second-order valence-corrected chi connectivity index (χ2v) is 5.09. The minimum absolute atomic E-state index is 0.158. The topological polar surface area (TPSA) is 52.9 Å². The highest BCUT2D eigenvalue weighted by Crippen LogP contribution is 2.32. The van der Waals surface area contributed by atoms with Crippen molar-refractivity contribution >= 4 is 0 Å². The van der Waals surface area contributed by atoms with Crippen LogP contribution in [-0.2, 0) is 4.74 Å². The minimum atomic E-state index is -0.764. The molecule has 106 valence electrons. The summed E-state index contributed by atoms with van der Waals surface area (Å²) in [6, 6.07) is 10.1. The molecule has 3 atom stereocenters. The lowest BCUT2D eigenvalue weighted by Gasteiger charge is -2.35. The molecule has 2 N–H and O–H groups in total. The summed E-state index contributed by atoms with van der Waals surface area (Å²) in [5.74, 6) is 0. The Labute approximate surface area is 114 Å². The first-order valence-electron chi connectivity index (χ1n) is 6.86. The van der Waals surface area contributed by atoms with E-state index in [0.717, 1.165) is 24.9 Å². The van der Waals surface area contributed by atoms with Crippen LogP contribution in [0, 0.1) is 0 Å². The number of aliphatic hydroxyl groups is 2. The third-order valence-corrected chi connectivity index (χ3v) is 3.83. The van der Waals surface area contributed by atoms with Gasteiger partial charge >= 0.3 is 0 Å². The van der Waals surface area contributed by atoms with E-state index in [9.17, 15) is 10.2 Å². The fourth-order valence-electron chi connectivity index (χ4n) is 2.98. The molecule has 0 spiro atoms. The number of methoxy groups -OCH3 is 1. The van der Waals surface area contributed by atoms with E-state index in [1.54, 1.807) is 7.11 Å². The Morgan fingerprint density at radius 3 is 2.74 bits per heavy atom. The van der Waals surface area contributed by atoms with Crippen LogP contribution in [0.25, 0.3) is 0 Å². The summed E-state index contributed by atoms with van der Waals surface area (Å²) >= 11 is 0. The summed E-state index contributed by atoms with van der Waals surface area (Å²) in [7, 11) is 1.70. The predicted octanol–water partition coefficient (Wildman–Crippen LogP) is 1.19. The van der Waals surface area contributed by atoms with Crippen molar-refractivity contribution in [2.45, 2.75) is 31.0 Å². The molecule has 4 nitrogen and oxygen atoms in total. The third-order valence-electron chi connectivity index (χ3n) is 3.83. The van der Waals surface area contributed by atoms with Gasteiger partial charge in [-0.25, -0.2) is 0 Å². The van der Waals surface area contributed by atoms with Gasteiger partial charge in [0.05, 0.1) is 25.4 Å². The molecule has 0 amide bonds. The van der Waals surface area contributed by atoms with Crippen LogP contribution < -0.4 is 0 Å². The van der Waals surface area contributed by atoms with E-state index in [4.69, 9.17) is 4.74 Å². The van der Waals surface area contributed by atoms with E-state index in [1.165, 1.54) is 0 Å². The van der Waals surface area contributed by atoms with Gasteiger partial charge in [-0.3, -0.25) is 4.90 Å². The smallest absolute Gasteiger partial charge is 0.0967 e. The first-order valence-corrected chi connectivity index (χ1v) is 6.86. The number of nitrogens with zero attached hydrogens (tertiary/aromatic N) is 1. The molecule has 1 aliphatic rings. The van der Waals surface area contributed by atoms with Crippen molar-refractivity contribution in [3.8, 4) is 0 Å². The number of rotatable bonds is 6. The maximum Gasteiger partial charge on any atom is 0.0967 e. The van der Waals surface area contributed by atoms with Crippen molar-refractivity contribution in [2.24, 2.45) is 0 Å². The molecule has 0 unspecified atom stereocenters. The maximum absolute atomic E-state index is 10.2. The van der Waals surface area contributed by atoms with Crippen LogP contribution in [-0.4, -0.2) is 54.1 Å². The van der Waals surface area contributed by atoms with Crippen LogP contribution in [0.5, 0.6) is 0 Å². The molecule has 0 saturated carbocycles. The molecular weight excluding hydrogens is 242 g/mol. The van der Waals surface area contributed by atoms with Crippen molar-refractivity contribution in [3.63, 3.8) is 0 Å². The van der Waals surface area contributed by atoms with Crippen LogP contribution >= 0.6 is 0 Å². The predicted molar refractivity (Wildman–Crippen MR) is 73.9 cm³/mol. The lowest BCUT2D eigenvalue weighted by atomic mass is 9.99. The van der Waals surface area contributed by atoms with Crippen LogP contribution in [0.2, 0.25) is 0 Å². The fourth-order valence-corrected chi connectivity index (χ4v) is 2.98. The van der Waals surface area contributed by atoms with E-state index < -0.39 is 6.10 Å². The van der Waals surface area contributed by atoms with Gasteiger partial charge in [-0.05, 0) is 24.9 Å². The molecule has 19 heavy (non-hydrogen) atoms. The first kappa shape index (κ1) is 14.5. The Morgan fingerprint density at radius 1 is 1.37 bits per heavy atom. The van der Waals surface area contributed by atoms with Crippen molar-refractivity contribution < 1.29 is 14.9 Å². The van der Waals surface area contributed by atoms with Crippen LogP contribution in [0.15, 0.2) is 30.3 Å². The number of ether oxygens (including phenoxy) is 1. The quantitative estimate of drug-likeness (QED) is 0.811. The Morgan fingerprint density at radius 2 is 2.11 bits per heavy atom. The average molecular weight is 265 g/mol. The van der Waals surface area contributed by atoms with Crippen molar-refractivity contribution in [1.29, 1.82) is 0 Å². The second-order valence-electron chi connectivity index (χ2n) is 5.09. The van der Waals surface area contributed by atoms with E-state index in [2.05, 4.69) is 4.90 Å². The van der Waals surface area contributed by atoms with E-state index in [0.29, 0.717) is 12.6 Å². The molecule has 1 saturated heterocycles. The van der Waals surface area contributed by atoms with Gasteiger partial charge in [0, 0.05) is 13.2 Å². The molecule has 2 rings (SSSR count). The zero-order valence-corrected chi connectivity index (χ0v) is 11.4. The van der Waals surface area contributed by atoms with Crippen LogP contribution in [0.1, 0.15) is 24.4 Å². The summed E-state index contributed by atoms with van der Waals surface area (Å²) in [5, 5.41) is 19.5. The number of hydrogen-bond donors (Lipinski definition) is 2. The summed E-state index contributed by atoms with van der Waals surface area (Å²) in [6.07, 6.45) is 1.42. The summed E-state index contributed by atoms with van der Waals surface area (Å²) in [4.78, 5) is 2.26. The monoisotopic (exact) mass is 265 g/mol. The maximum atomic E-state index is 10.2. The van der Waals surface area contributed by atoms with Gasteiger partial charge in [0.1, 0.15) is 0 Å². The van der Waals surface area contributed by atoms with Gasteiger partial charge in [-0.1, -0.05) is 30.3 Å². The standard InChI is InChI=1S/C15H23NO3/c1-19-11-13-8-5-9-16(13)15(14(18)10-17)12-6-3-2-4-7-12/h2-4,6-7,13-15,17-18H,5,8-11H2,1H3/t13-,14-,15+/m0/s1. The molecule has 0 bridgehead atoms. The normalized spacial score (nSPS) is 23.4. The molecule has 1 aromatic carbocycles. The molecule has 0 radical (unpaired) electrons. The zero-order chi connectivity index (χ0) is 13.7. The van der Waals surface area contributed by atoms with E-state index in [-0.39, 0.29) is 12.6 Å². The van der Waals surface area contributed by atoms with Crippen molar-refractivity contribution in [2.75, 3.05) is 26.9 Å². The molecule has 4 heteroatoms. The van der Waals surface area contributed by atoms with Gasteiger partial charge in [0.25, 0.3) is 0 Å². The average Bonchev–Trinajstić information content (AvgIpc) is 2.89. The Kier molecular flexibility index (Phi) is 5.34. The van der Waals surface area contributed by atoms with Crippen LogP contribution in [0.4, 0.5) is 0 Å². The lowest BCUT2D eigenvalue weighted by molar-refractivity contribution is -0.00861. The summed E-state index contributed by atoms with van der Waals surface area (Å²) < 4.78 is 5.27. The Bertz CT molecular complexity index is 371. The third kappa shape index (κ3) is 3.34. The fraction of sp³-hybridized carbons (Fsp3) is 0.600. The molecule has 1 heterocycles. The van der Waals surface area contributed by atoms with Gasteiger partial charge in [0.15, 0.2) is 0 Å². The highest BCUT2D eigenvalue weighted by molar-refractivity contribution is 5.21. The molecule has 1 aliphatic heterocycles. The SMILES string of the molecule is COC[C@@H]1CCCN1[C@H](c1ccccc1)[C@@H](O)CO. The highest BCUT2D eigenvalue weighted by atomic mass is 16.5. The molecule has 0 aromatic heterocycles. The lowest BCUT2D eigenvalue weighted by Crippen LogP contribution is -2.42.